The van der Waals surface area contributed by atoms with E-state index in [1.54, 1.807) is 18.0 Å². The number of hydrogen-bond donors (Lipinski definition) is 1. The van der Waals surface area contributed by atoms with Gasteiger partial charge in [-0.05, 0) is 36.6 Å². The fourth-order valence-corrected chi connectivity index (χ4v) is 1.85. The van der Waals surface area contributed by atoms with Crippen molar-refractivity contribution in [3.63, 3.8) is 0 Å². The molecular formula is C11H13N3S. The molecule has 4 heteroatoms. The monoisotopic (exact) mass is 219 g/mol. The molecular weight excluding hydrogens is 206 g/mol. The summed E-state index contributed by atoms with van der Waals surface area (Å²) < 4.78 is 1.87. The van der Waals surface area contributed by atoms with Crippen LogP contribution in [0.2, 0.25) is 0 Å². The second-order valence-corrected chi connectivity index (χ2v) is 4.02. The van der Waals surface area contributed by atoms with Crippen molar-refractivity contribution in [2.45, 2.75) is 11.4 Å². The maximum atomic E-state index is 5.62. The van der Waals surface area contributed by atoms with Crippen LogP contribution >= 0.6 is 11.8 Å². The van der Waals surface area contributed by atoms with Crippen LogP contribution < -0.4 is 5.73 Å². The lowest BCUT2D eigenvalue weighted by molar-refractivity contribution is 0.803. The molecule has 0 bridgehead atoms. The van der Waals surface area contributed by atoms with E-state index in [0.29, 0.717) is 6.54 Å². The Labute approximate surface area is 93.3 Å². The highest BCUT2D eigenvalue weighted by Gasteiger charge is 2.02. The topological polar surface area (TPSA) is 43.8 Å². The molecule has 2 rings (SSSR count). The Balaban J connectivity index is 2.37. The predicted molar refractivity (Wildman–Crippen MR) is 63.2 cm³/mol. The molecule has 1 heterocycles. The summed E-state index contributed by atoms with van der Waals surface area (Å²) in [4.78, 5) is 1.25. The van der Waals surface area contributed by atoms with Crippen molar-refractivity contribution in [2.24, 2.45) is 5.73 Å². The number of nitrogens with zero attached hydrogens (tertiary/aromatic N) is 2. The Kier molecular flexibility index (Phi) is 3.08. The molecule has 1 aromatic heterocycles. The van der Waals surface area contributed by atoms with Gasteiger partial charge in [-0.15, -0.1) is 11.8 Å². The molecule has 0 aliphatic heterocycles. The highest BCUT2D eigenvalue weighted by Crippen LogP contribution is 2.17. The smallest absolute Gasteiger partial charge is 0.0650 e. The molecule has 0 aliphatic carbocycles. The first-order chi connectivity index (χ1) is 7.35. The zero-order valence-corrected chi connectivity index (χ0v) is 9.37. The van der Waals surface area contributed by atoms with Gasteiger partial charge in [0, 0.05) is 17.6 Å². The molecule has 15 heavy (non-hydrogen) atoms. The zero-order valence-electron chi connectivity index (χ0n) is 8.55. The molecule has 0 atom stereocenters. The van der Waals surface area contributed by atoms with Gasteiger partial charge in [0.1, 0.15) is 0 Å². The standard InChI is InChI=1S/C11H13N3S/c1-15-11-4-2-9(3-5-11)14-10(8-12)6-7-13-14/h2-7H,8,12H2,1H3. The molecule has 0 fully saturated rings. The number of aromatic nitrogens is 2. The summed E-state index contributed by atoms with van der Waals surface area (Å²) in [5.74, 6) is 0. The molecule has 0 saturated heterocycles. The lowest BCUT2D eigenvalue weighted by Crippen LogP contribution is -2.06. The van der Waals surface area contributed by atoms with Crippen molar-refractivity contribution in [1.82, 2.24) is 9.78 Å². The average Bonchev–Trinajstić information content (AvgIpc) is 2.77. The van der Waals surface area contributed by atoms with E-state index in [1.165, 1.54) is 4.90 Å². The molecule has 2 aromatic rings. The maximum Gasteiger partial charge on any atom is 0.0650 e. The predicted octanol–water partition coefficient (Wildman–Crippen LogP) is 2.05. The highest BCUT2D eigenvalue weighted by molar-refractivity contribution is 7.98. The van der Waals surface area contributed by atoms with Crippen LogP contribution in [0.15, 0.2) is 41.4 Å². The van der Waals surface area contributed by atoms with E-state index in [-0.39, 0.29) is 0 Å². The fourth-order valence-electron chi connectivity index (χ4n) is 1.44. The van der Waals surface area contributed by atoms with E-state index in [1.807, 2.05) is 10.7 Å². The highest BCUT2D eigenvalue weighted by atomic mass is 32.2. The van der Waals surface area contributed by atoms with Crippen LogP contribution in [-0.2, 0) is 6.54 Å². The van der Waals surface area contributed by atoms with Gasteiger partial charge in [-0.25, -0.2) is 4.68 Å². The van der Waals surface area contributed by atoms with E-state index in [2.05, 4.69) is 35.6 Å². The zero-order chi connectivity index (χ0) is 10.7. The van der Waals surface area contributed by atoms with Crippen molar-refractivity contribution >= 4 is 11.8 Å². The van der Waals surface area contributed by atoms with Gasteiger partial charge in [0.15, 0.2) is 0 Å². The first-order valence-electron chi connectivity index (χ1n) is 4.72. The first kappa shape index (κ1) is 10.3. The Bertz CT molecular complexity index is 433. The van der Waals surface area contributed by atoms with Gasteiger partial charge in [-0.3, -0.25) is 0 Å². The summed E-state index contributed by atoms with van der Waals surface area (Å²) in [6.07, 6.45) is 3.83. The molecule has 3 nitrogen and oxygen atoms in total. The van der Waals surface area contributed by atoms with Gasteiger partial charge in [-0.1, -0.05) is 0 Å². The lowest BCUT2D eigenvalue weighted by Gasteiger charge is -2.06. The number of nitrogens with two attached hydrogens (primary N) is 1. The van der Waals surface area contributed by atoms with Gasteiger partial charge >= 0.3 is 0 Å². The van der Waals surface area contributed by atoms with Crippen molar-refractivity contribution in [2.75, 3.05) is 6.26 Å². The Morgan fingerprint density at radius 1 is 1.27 bits per heavy atom. The van der Waals surface area contributed by atoms with E-state index in [4.69, 9.17) is 5.73 Å². The quantitative estimate of drug-likeness (QED) is 0.803. The number of hydrogen-bond acceptors (Lipinski definition) is 3. The van der Waals surface area contributed by atoms with Crippen LogP contribution in [0.25, 0.3) is 5.69 Å². The summed E-state index contributed by atoms with van der Waals surface area (Å²) in [5, 5.41) is 4.24. The van der Waals surface area contributed by atoms with Crippen LogP contribution in [0.3, 0.4) is 0 Å². The first-order valence-corrected chi connectivity index (χ1v) is 5.95. The van der Waals surface area contributed by atoms with E-state index in [9.17, 15) is 0 Å². The second-order valence-electron chi connectivity index (χ2n) is 3.14. The minimum Gasteiger partial charge on any atom is -0.325 e. The number of benzene rings is 1. The summed E-state index contributed by atoms with van der Waals surface area (Å²) in [6, 6.07) is 10.2. The van der Waals surface area contributed by atoms with E-state index >= 15 is 0 Å². The Morgan fingerprint density at radius 2 is 2.00 bits per heavy atom. The van der Waals surface area contributed by atoms with Crippen molar-refractivity contribution in [1.29, 1.82) is 0 Å². The normalized spacial score (nSPS) is 10.5. The summed E-state index contributed by atoms with van der Waals surface area (Å²) in [5.41, 5.74) is 7.70. The van der Waals surface area contributed by atoms with Crippen LogP contribution in [0, 0.1) is 0 Å². The van der Waals surface area contributed by atoms with Crippen LogP contribution in [0.5, 0.6) is 0 Å². The van der Waals surface area contributed by atoms with E-state index < -0.39 is 0 Å². The van der Waals surface area contributed by atoms with Crippen molar-refractivity contribution < 1.29 is 0 Å². The molecule has 0 unspecified atom stereocenters. The summed E-state index contributed by atoms with van der Waals surface area (Å²) >= 11 is 1.73. The Hall–Kier alpha value is -1.26. The average molecular weight is 219 g/mol. The molecule has 0 radical (unpaired) electrons. The third kappa shape index (κ3) is 2.06. The van der Waals surface area contributed by atoms with Crippen molar-refractivity contribution in [3.05, 3.63) is 42.2 Å². The van der Waals surface area contributed by atoms with Crippen LogP contribution in [0.1, 0.15) is 5.69 Å². The molecule has 0 aliphatic rings. The van der Waals surface area contributed by atoms with Crippen LogP contribution in [0.4, 0.5) is 0 Å². The number of thioether (sulfide) groups is 1. The maximum absolute atomic E-state index is 5.62. The van der Waals surface area contributed by atoms with Crippen molar-refractivity contribution in [3.8, 4) is 5.69 Å². The molecule has 0 spiro atoms. The summed E-state index contributed by atoms with van der Waals surface area (Å²) in [6.45, 7) is 0.504. The molecule has 0 amide bonds. The third-order valence-electron chi connectivity index (χ3n) is 2.25. The molecule has 0 saturated carbocycles. The SMILES string of the molecule is CSc1ccc(-n2nccc2CN)cc1. The fraction of sp³-hybridized carbons (Fsp3) is 0.182. The lowest BCUT2D eigenvalue weighted by atomic mass is 10.3. The Morgan fingerprint density at radius 3 is 2.60 bits per heavy atom. The van der Waals surface area contributed by atoms with E-state index in [0.717, 1.165) is 11.4 Å². The van der Waals surface area contributed by atoms with Crippen LogP contribution in [-0.4, -0.2) is 16.0 Å². The van der Waals surface area contributed by atoms with Gasteiger partial charge < -0.3 is 5.73 Å². The van der Waals surface area contributed by atoms with Gasteiger partial charge in [0.2, 0.25) is 0 Å². The molecule has 78 valence electrons. The van der Waals surface area contributed by atoms with Gasteiger partial charge in [0.25, 0.3) is 0 Å². The third-order valence-corrected chi connectivity index (χ3v) is 2.99. The molecule has 1 aromatic carbocycles. The second kappa shape index (κ2) is 4.51. The minimum atomic E-state index is 0.504. The molecule has 2 N–H and O–H groups in total. The minimum absolute atomic E-state index is 0.504. The number of rotatable bonds is 3. The van der Waals surface area contributed by atoms with Gasteiger partial charge in [-0.2, -0.15) is 5.10 Å². The largest absolute Gasteiger partial charge is 0.325 e. The van der Waals surface area contributed by atoms with Gasteiger partial charge in [0.05, 0.1) is 11.4 Å². The summed E-state index contributed by atoms with van der Waals surface area (Å²) in [7, 11) is 0.